The van der Waals surface area contributed by atoms with Gasteiger partial charge in [-0.25, -0.2) is 0 Å². The van der Waals surface area contributed by atoms with Crippen LogP contribution in [0, 0.1) is 5.92 Å². The average molecular weight is 186 g/mol. The molecule has 3 atom stereocenters. The molecule has 3 nitrogen and oxygen atoms in total. The summed E-state index contributed by atoms with van der Waals surface area (Å²) in [4.78, 5) is 11.1. The van der Waals surface area contributed by atoms with E-state index in [2.05, 4.69) is 11.7 Å². The monoisotopic (exact) mass is 186 g/mol. The van der Waals surface area contributed by atoms with Gasteiger partial charge < -0.3 is 9.47 Å². The lowest BCUT2D eigenvalue weighted by Crippen LogP contribution is -2.19. The summed E-state index contributed by atoms with van der Waals surface area (Å²) in [6.07, 6.45) is 3.84. The predicted octanol–water partition coefficient (Wildman–Crippen LogP) is 1.75. The van der Waals surface area contributed by atoms with Crippen LogP contribution < -0.4 is 0 Å². The molecule has 0 aromatic rings. The molecular weight excluding hydrogens is 168 g/mol. The Kier molecular flexibility index (Phi) is 3.72. The Morgan fingerprint density at radius 2 is 2.31 bits per heavy atom. The van der Waals surface area contributed by atoms with E-state index >= 15 is 0 Å². The predicted molar refractivity (Wildman–Crippen MR) is 49.4 cm³/mol. The van der Waals surface area contributed by atoms with Crippen molar-refractivity contribution < 1.29 is 14.3 Å². The van der Waals surface area contributed by atoms with Crippen molar-refractivity contribution in [3.05, 3.63) is 0 Å². The van der Waals surface area contributed by atoms with Crippen LogP contribution in [0.1, 0.15) is 33.1 Å². The lowest BCUT2D eigenvalue weighted by molar-refractivity contribution is -0.145. The van der Waals surface area contributed by atoms with Gasteiger partial charge in [0.15, 0.2) is 0 Å². The molecule has 1 fully saturated rings. The second-order valence-corrected chi connectivity index (χ2v) is 3.59. The van der Waals surface area contributed by atoms with Crippen molar-refractivity contribution in [3.63, 3.8) is 0 Å². The van der Waals surface area contributed by atoms with Gasteiger partial charge in [0.2, 0.25) is 0 Å². The molecule has 0 saturated carbocycles. The Balaban J connectivity index is 2.21. The molecule has 13 heavy (non-hydrogen) atoms. The first-order valence-electron chi connectivity index (χ1n) is 4.94. The first-order valence-corrected chi connectivity index (χ1v) is 4.94. The quantitative estimate of drug-likeness (QED) is 0.485. The third-order valence-corrected chi connectivity index (χ3v) is 2.53. The van der Waals surface area contributed by atoms with Crippen LogP contribution in [0.3, 0.4) is 0 Å². The Morgan fingerprint density at radius 3 is 2.85 bits per heavy atom. The Morgan fingerprint density at radius 1 is 1.62 bits per heavy atom. The number of esters is 1. The minimum Gasteiger partial charge on any atom is -0.469 e. The summed E-state index contributed by atoms with van der Waals surface area (Å²) in [5.74, 6) is -0.268. The van der Waals surface area contributed by atoms with Crippen molar-refractivity contribution in [3.8, 4) is 0 Å². The van der Waals surface area contributed by atoms with Crippen molar-refractivity contribution >= 4 is 5.97 Å². The van der Waals surface area contributed by atoms with E-state index in [1.165, 1.54) is 20.0 Å². The van der Waals surface area contributed by atoms with Crippen molar-refractivity contribution in [2.24, 2.45) is 5.92 Å². The number of rotatable bonds is 5. The van der Waals surface area contributed by atoms with Gasteiger partial charge in [0, 0.05) is 0 Å². The second kappa shape index (κ2) is 4.61. The summed E-state index contributed by atoms with van der Waals surface area (Å²) in [6, 6.07) is 0. The van der Waals surface area contributed by atoms with E-state index in [9.17, 15) is 4.79 Å². The van der Waals surface area contributed by atoms with Gasteiger partial charge in [0.1, 0.15) is 0 Å². The highest BCUT2D eigenvalue weighted by Crippen LogP contribution is 2.33. The summed E-state index contributed by atoms with van der Waals surface area (Å²) in [7, 11) is 1.42. The van der Waals surface area contributed by atoms with Gasteiger partial charge in [-0.15, -0.1) is 0 Å². The molecule has 1 heterocycles. The molecule has 1 rings (SSSR count). The van der Waals surface area contributed by atoms with Crippen LogP contribution in [0.25, 0.3) is 0 Å². The van der Waals surface area contributed by atoms with Crippen LogP contribution in [0.15, 0.2) is 0 Å². The van der Waals surface area contributed by atoms with Gasteiger partial charge in [-0.1, -0.05) is 19.8 Å². The number of carbonyl (C=O) groups is 1. The maximum atomic E-state index is 11.1. The summed E-state index contributed by atoms with van der Waals surface area (Å²) in [5, 5.41) is 0. The smallest absolute Gasteiger partial charge is 0.311 e. The molecule has 1 saturated heterocycles. The zero-order chi connectivity index (χ0) is 9.84. The highest BCUT2D eigenvalue weighted by atomic mass is 16.6. The largest absolute Gasteiger partial charge is 0.469 e. The number of epoxide rings is 1. The van der Waals surface area contributed by atoms with E-state index in [0.717, 1.165) is 6.42 Å². The first kappa shape index (κ1) is 10.5. The minimum atomic E-state index is -0.163. The molecule has 0 unspecified atom stereocenters. The van der Waals surface area contributed by atoms with Crippen LogP contribution in [0.4, 0.5) is 0 Å². The maximum Gasteiger partial charge on any atom is 0.311 e. The topological polar surface area (TPSA) is 38.8 Å². The summed E-state index contributed by atoms with van der Waals surface area (Å²) < 4.78 is 10.1. The zero-order valence-electron chi connectivity index (χ0n) is 8.58. The normalized spacial score (nSPS) is 28.2. The third kappa shape index (κ3) is 2.69. The lowest BCUT2D eigenvalue weighted by Gasteiger charge is -2.04. The van der Waals surface area contributed by atoms with Crippen LogP contribution in [-0.4, -0.2) is 25.3 Å². The molecule has 76 valence electrons. The maximum absolute atomic E-state index is 11.1. The van der Waals surface area contributed by atoms with E-state index in [0.29, 0.717) is 6.10 Å². The highest BCUT2D eigenvalue weighted by Gasteiger charge is 2.45. The number of hydrogen-bond donors (Lipinski definition) is 0. The van der Waals surface area contributed by atoms with Crippen LogP contribution in [-0.2, 0) is 14.3 Å². The highest BCUT2D eigenvalue weighted by molar-refractivity contribution is 5.73. The Hall–Kier alpha value is -0.570. The van der Waals surface area contributed by atoms with Gasteiger partial charge in [-0.05, 0) is 13.3 Å². The number of unbranched alkanes of at least 4 members (excludes halogenated alkanes) is 1. The Labute approximate surface area is 79.4 Å². The van der Waals surface area contributed by atoms with E-state index < -0.39 is 0 Å². The standard InChI is InChI=1S/C10H18O3/c1-4-5-6-8-9(13-8)7(2)10(11)12-3/h7-9H,4-6H2,1-3H3/t7-,8-,9+/m1/s1. The molecule has 0 spiro atoms. The molecule has 1 aliphatic heterocycles. The molecular formula is C10H18O3. The van der Waals surface area contributed by atoms with Crippen molar-refractivity contribution in [2.75, 3.05) is 7.11 Å². The fraction of sp³-hybridized carbons (Fsp3) is 0.900. The van der Waals surface area contributed by atoms with Gasteiger partial charge in [0.25, 0.3) is 0 Å². The second-order valence-electron chi connectivity index (χ2n) is 3.59. The van der Waals surface area contributed by atoms with E-state index in [4.69, 9.17) is 4.74 Å². The van der Waals surface area contributed by atoms with Crippen molar-refractivity contribution in [1.29, 1.82) is 0 Å². The van der Waals surface area contributed by atoms with Gasteiger partial charge >= 0.3 is 5.97 Å². The lowest BCUT2D eigenvalue weighted by atomic mass is 10.0. The first-order chi connectivity index (χ1) is 6.20. The molecule has 0 N–H and O–H groups in total. The Bertz CT molecular complexity index is 179. The number of methoxy groups -OCH3 is 1. The van der Waals surface area contributed by atoms with E-state index in [-0.39, 0.29) is 18.0 Å². The average Bonchev–Trinajstić information content (AvgIpc) is 2.91. The molecule has 0 amide bonds. The number of ether oxygens (including phenoxy) is 2. The van der Waals surface area contributed by atoms with Crippen molar-refractivity contribution in [2.45, 2.75) is 45.3 Å². The zero-order valence-corrected chi connectivity index (χ0v) is 8.58. The fourth-order valence-electron chi connectivity index (χ4n) is 1.55. The number of carbonyl (C=O) groups excluding carboxylic acids is 1. The van der Waals surface area contributed by atoms with E-state index in [1.54, 1.807) is 0 Å². The molecule has 0 aliphatic carbocycles. The van der Waals surface area contributed by atoms with E-state index in [1.807, 2.05) is 6.92 Å². The van der Waals surface area contributed by atoms with Crippen LogP contribution >= 0.6 is 0 Å². The minimum absolute atomic E-state index is 0.105. The van der Waals surface area contributed by atoms with Crippen molar-refractivity contribution in [1.82, 2.24) is 0 Å². The van der Waals surface area contributed by atoms with Gasteiger partial charge in [-0.3, -0.25) is 4.79 Å². The molecule has 0 radical (unpaired) electrons. The summed E-state index contributed by atoms with van der Waals surface area (Å²) in [6.45, 7) is 4.02. The SMILES string of the molecule is CCCC[C@H]1O[C@H]1[C@@H](C)C(=O)OC. The molecule has 1 aliphatic rings. The fourth-order valence-corrected chi connectivity index (χ4v) is 1.55. The van der Waals surface area contributed by atoms with Crippen LogP contribution in [0.5, 0.6) is 0 Å². The van der Waals surface area contributed by atoms with Gasteiger partial charge in [-0.2, -0.15) is 0 Å². The van der Waals surface area contributed by atoms with Gasteiger partial charge in [0.05, 0.1) is 25.2 Å². The summed E-state index contributed by atoms with van der Waals surface area (Å²) in [5.41, 5.74) is 0. The molecule has 0 aromatic carbocycles. The van der Waals surface area contributed by atoms with Crippen LogP contribution in [0.2, 0.25) is 0 Å². The molecule has 0 aromatic heterocycles. The number of hydrogen-bond acceptors (Lipinski definition) is 3. The summed E-state index contributed by atoms with van der Waals surface area (Å²) >= 11 is 0. The molecule has 0 bridgehead atoms. The third-order valence-electron chi connectivity index (χ3n) is 2.53. The molecule has 3 heteroatoms.